The van der Waals surface area contributed by atoms with Gasteiger partial charge >= 0.3 is 0 Å². The summed E-state index contributed by atoms with van der Waals surface area (Å²) in [5, 5.41) is 13.9. The van der Waals surface area contributed by atoms with Gasteiger partial charge in [0.15, 0.2) is 0 Å². The van der Waals surface area contributed by atoms with Gasteiger partial charge < -0.3 is 19.6 Å². The van der Waals surface area contributed by atoms with E-state index in [0.717, 1.165) is 5.56 Å². The smallest absolute Gasteiger partial charge is 0.251 e. The van der Waals surface area contributed by atoms with Gasteiger partial charge in [0.1, 0.15) is 11.6 Å². The lowest BCUT2D eigenvalue weighted by Crippen LogP contribution is -2.30. The van der Waals surface area contributed by atoms with E-state index in [1.54, 1.807) is 30.5 Å². The Morgan fingerprint density at radius 3 is 2.33 bits per heavy atom. The molecule has 0 aliphatic rings. The van der Waals surface area contributed by atoms with Crippen molar-refractivity contribution in [3.05, 3.63) is 95.2 Å². The highest BCUT2D eigenvalue weighted by atomic mass is 19.1. The highest BCUT2D eigenvalue weighted by Crippen LogP contribution is 2.28. The summed E-state index contributed by atoms with van der Waals surface area (Å²) in [7, 11) is 0. The molecule has 138 valence electrons. The topological polar surface area (TPSA) is 82.4 Å². The molecule has 1 heterocycles. The third-order valence-electron chi connectivity index (χ3n) is 4.27. The lowest BCUT2D eigenvalue weighted by molar-refractivity contribution is -0.255. The summed E-state index contributed by atoms with van der Waals surface area (Å²) < 4.78 is 18.7. The van der Waals surface area contributed by atoms with Gasteiger partial charge in [0, 0.05) is 23.6 Å². The summed E-state index contributed by atoms with van der Waals surface area (Å²) in [5.41, 5.74) is 0.751. The van der Waals surface area contributed by atoms with Gasteiger partial charge in [0.2, 0.25) is 0 Å². The van der Waals surface area contributed by atoms with Crippen LogP contribution in [0.1, 0.15) is 44.4 Å². The molecule has 1 amide bonds. The van der Waals surface area contributed by atoms with Crippen molar-refractivity contribution < 1.29 is 23.5 Å². The first-order valence-corrected chi connectivity index (χ1v) is 8.43. The van der Waals surface area contributed by atoms with Crippen LogP contribution in [-0.2, 0) is 0 Å². The predicted octanol–water partition coefficient (Wildman–Crippen LogP) is 2.73. The lowest BCUT2D eigenvalue weighted by Gasteiger charge is -2.16. The normalized spacial score (nSPS) is 11.7. The number of carbonyl (C=O) groups is 2. The molecular formula is C21H17FNO4-. The van der Waals surface area contributed by atoms with Crippen molar-refractivity contribution in [1.82, 2.24) is 5.32 Å². The molecule has 27 heavy (non-hydrogen) atoms. The van der Waals surface area contributed by atoms with Crippen molar-refractivity contribution >= 4 is 11.9 Å². The molecular weight excluding hydrogens is 349 g/mol. The van der Waals surface area contributed by atoms with Crippen LogP contribution in [0.2, 0.25) is 0 Å². The van der Waals surface area contributed by atoms with Crippen molar-refractivity contribution in [3.8, 4) is 0 Å². The number of nitrogens with one attached hydrogen (secondary N) is 1. The van der Waals surface area contributed by atoms with Gasteiger partial charge in [-0.05, 0) is 42.3 Å². The molecule has 6 heteroatoms. The first kappa shape index (κ1) is 18.4. The molecule has 2 aromatic carbocycles. The summed E-state index contributed by atoms with van der Waals surface area (Å²) in [6.07, 6.45) is 2.05. The molecule has 1 aromatic heterocycles. The number of carboxylic acid groups (broad SMARTS) is 1. The minimum absolute atomic E-state index is 0.0498. The van der Waals surface area contributed by atoms with Gasteiger partial charge in [-0.2, -0.15) is 0 Å². The summed E-state index contributed by atoms with van der Waals surface area (Å²) in [6, 6.07) is 15.6. The number of rotatable bonds is 7. The summed E-state index contributed by atoms with van der Waals surface area (Å²) >= 11 is 0. The average Bonchev–Trinajstić information content (AvgIpc) is 3.20. The molecule has 0 aliphatic heterocycles. The first-order chi connectivity index (χ1) is 13.1. The van der Waals surface area contributed by atoms with E-state index >= 15 is 0 Å². The standard InChI is InChI=1S/C21H18FNO4/c22-15-9-7-14(8-10-15)16(19-6-3-13-27-19)11-12-23-20(24)17-4-1-2-5-18(17)21(25)26/h1-10,13,16H,11-12H2,(H,23,24)(H,25,26)/p-1/t16-/m1/s1. The number of carboxylic acids is 1. The number of furan rings is 1. The van der Waals surface area contributed by atoms with E-state index in [2.05, 4.69) is 5.32 Å². The highest BCUT2D eigenvalue weighted by Gasteiger charge is 2.18. The van der Waals surface area contributed by atoms with Gasteiger partial charge in [-0.1, -0.05) is 30.3 Å². The van der Waals surface area contributed by atoms with E-state index in [0.29, 0.717) is 12.2 Å². The highest BCUT2D eigenvalue weighted by molar-refractivity contribution is 6.04. The molecule has 0 fully saturated rings. The Kier molecular flexibility index (Phi) is 5.66. The fourth-order valence-electron chi connectivity index (χ4n) is 2.94. The Balaban J connectivity index is 1.71. The van der Waals surface area contributed by atoms with E-state index in [1.807, 2.05) is 6.07 Å². The zero-order valence-corrected chi connectivity index (χ0v) is 14.4. The Hall–Kier alpha value is -3.41. The second kappa shape index (κ2) is 8.31. The van der Waals surface area contributed by atoms with Crippen molar-refractivity contribution in [2.75, 3.05) is 6.54 Å². The molecule has 0 unspecified atom stereocenters. The van der Waals surface area contributed by atoms with Crippen molar-refractivity contribution in [2.45, 2.75) is 12.3 Å². The molecule has 1 atom stereocenters. The Bertz CT molecular complexity index is 920. The molecule has 0 spiro atoms. The monoisotopic (exact) mass is 366 g/mol. The van der Waals surface area contributed by atoms with Crippen LogP contribution in [0.5, 0.6) is 0 Å². The fourth-order valence-corrected chi connectivity index (χ4v) is 2.94. The Labute approximate surface area is 155 Å². The van der Waals surface area contributed by atoms with Crippen LogP contribution < -0.4 is 10.4 Å². The second-order valence-electron chi connectivity index (χ2n) is 6.00. The van der Waals surface area contributed by atoms with Crippen LogP contribution in [0.15, 0.2) is 71.3 Å². The minimum Gasteiger partial charge on any atom is -0.545 e. The third-order valence-corrected chi connectivity index (χ3v) is 4.27. The molecule has 1 N–H and O–H groups in total. The fraction of sp³-hybridized carbons (Fsp3) is 0.143. The number of halogens is 1. The van der Waals surface area contributed by atoms with E-state index in [9.17, 15) is 19.1 Å². The largest absolute Gasteiger partial charge is 0.545 e. The van der Waals surface area contributed by atoms with Crippen molar-refractivity contribution in [1.29, 1.82) is 0 Å². The van der Waals surface area contributed by atoms with Crippen LogP contribution in [0.4, 0.5) is 4.39 Å². The minimum atomic E-state index is -1.40. The first-order valence-electron chi connectivity index (χ1n) is 8.43. The zero-order chi connectivity index (χ0) is 19.2. The van der Waals surface area contributed by atoms with Crippen LogP contribution in [0.3, 0.4) is 0 Å². The van der Waals surface area contributed by atoms with E-state index in [1.165, 1.54) is 30.3 Å². The van der Waals surface area contributed by atoms with Crippen LogP contribution >= 0.6 is 0 Å². The Morgan fingerprint density at radius 2 is 1.70 bits per heavy atom. The third kappa shape index (κ3) is 4.41. The van der Waals surface area contributed by atoms with Crippen LogP contribution in [0.25, 0.3) is 0 Å². The summed E-state index contributed by atoms with van der Waals surface area (Å²) in [4.78, 5) is 23.5. The van der Waals surface area contributed by atoms with Crippen molar-refractivity contribution in [2.24, 2.45) is 0 Å². The Morgan fingerprint density at radius 1 is 1.00 bits per heavy atom. The number of benzene rings is 2. The molecule has 3 rings (SSSR count). The van der Waals surface area contributed by atoms with Gasteiger partial charge in [-0.15, -0.1) is 0 Å². The molecule has 5 nitrogen and oxygen atoms in total. The number of carbonyl (C=O) groups excluding carboxylic acids is 2. The molecule has 3 aromatic rings. The van der Waals surface area contributed by atoms with E-state index in [4.69, 9.17) is 4.42 Å². The quantitative estimate of drug-likeness (QED) is 0.697. The van der Waals surface area contributed by atoms with Gasteiger partial charge in [-0.25, -0.2) is 4.39 Å². The maximum atomic E-state index is 13.2. The zero-order valence-electron chi connectivity index (χ0n) is 14.4. The molecule has 0 saturated carbocycles. The van der Waals surface area contributed by atoms with Crippen LogP contribution in [-0.4, -0.2) is 18.4 Å². The molecule has 0 aliphatic carbocycles. The van der Waals surface area contributed by atoms with Gasteiger partial charge in [0.25, 0.3) is 5.91 Å². The maximum absolute atomic E-state index is 13.2. The summed E-state index contributed by atoms with van der Waals surface area (Å²) in [5.74, 6) is -1.69. The van der Waals surface area contributed by atoms with Crippen LogP contribution in [0, 0.1) is 5.82 Å². The van der Waals surface area contributed by atoms with Gasteiger partial charge in [0.05, 0.1) is 12.2 Å². The van der Waals surface area contributed by atoms with Gasteiger partial charge in [-0.3, -0.25) is 4.79 Å². The van der Waals surface area contributed by atoms with E-state index < -0.39 is 11.9 Å². The average molecular weight is 366 g/mol. The molecule has 0 radical (unpaired) electrons. The second-order valence-corrected chi connectivity index (χ2v) is 6.00. The van der Waals surface area contributed by atoms with Crippen molar-refractivity contribution in [3.63, 3.8) is 0 Å². The number of hydrogen-bond acceptors (Lipinski definition) is 4. The maximum Gasteiger partial charge on any atom is 0.251 e. The SMILES string of the molecule is O=C([O-])c1ccccc1C(=O)NCC[C@H](c1ccc(F)cc1)c1ccco1. The summed E-state index contributed by atoms with van der Waals surface area (Å²) in [6.45, 7) is 0.281. The number of aromatic carboxylic acids is 1. The lowest BCUT2D eigenvalue weighted by atomic mass is 9.93. The number of hydrogen-bond donors (Lipinski definition) is 1. The molecule has 0 saturated heterocycles. The molecule has 0 bridgehead atoms. The predicted molar refractivity (Wildman–Crippen MR) is 94.7 cm³/mol. The van der Waals surface area contributed by atoms with E-state index in [-0.39, 0.29) is 29.4 Å². The number of amides is 1.